The average molecular weight is 317 g/mol. The summed E-state index contributed by atoms with van der Waals surface area (Å²) in [6.45, 7) is 0. The highest BCUT2D eigenvalue weighted by Crippen LogP contribution is 2.49. The molecular formula is C16H13ClN2O3. The largest absolute Gasteiger partial charge is 0.338 e. The summed E-state index contributed by atoms with van der Waals surface area (Å²) in [7, 11) is 1.65. The van der Waals surface area contributed by atoms with Crippen molar-refractivity contribution in [1.29, 1.82) is 0 Å². The van der Waals surface area contributed by atoms with Crippen LogP contribution in [0.2, 0.25) is 0 Å². The van der Waals surface area contributed by atoms with Crippen LogP contribution in [-0.4, -0.2) is 35.7 Å². The van der Waals surface area contributed by atoms with Crippen LogP contribution in [0.4, 0.5) is 5.69 Å². The van der Waals surface area contributed by atoms with Gasteiger partial charge in [0.1, 0.15) is 0 Å². The van der Waals surface area contributed by atoms with E-state index in [0.29, 0.717) is 10.7 Å². The van der Waals surface area contributed by atoms with Gasteiger partial charge < -0.3 is 4.90 Å². The number of anilines is 1. The van der Waals surface area contributed by atoms with Crippen molar-refractivity contribution < 1.29 is 14.4 Å². The first-order valence-electron chi connectivity index (χ1n) is 7.09. The molecule has 5 nitrogen and oxygen atoms in total. The van der Waals surface area contributed by atoms with Crippen LogP contribution in [0.5, 0.6) is 0 Å². The maximum Gasteiger partial charge on any atom is 0.240 e. The lowest BCUT2D eigenvalue weighted by Gasteiger charge is -2.45. The Morgan fingerprint density at radius 1 is 0.955 bits per heavy atom. The molecular weight excluding hydrogens is 304 g/mol. The van der Waals surface area contributed by atoms with E-state index in [1.807, 2.05) is 6.07 Å². The van der Waals surface area contributed by atoms with E-state index in [2.05, 4.69) is 0 Å². The molecule has 2 saturated heterocycles. The first kappa shape index (κ1) is 13.5. The zero-order valence-electron chi connectivity index (χ0n) is 11.8. The van der Waals surface area contributed by atoms with Gasteiger partial charge in [-0.3, -0.25) is 14.4 Å². The Balaban J connectivity index is 1.82. The number of benzene rings is 1. The summed E-state index contributed by atoms with van der Waals surface area (Å²) in [6.07, 6.45) is 1.73. The fourth-order valence-electron chi connectivity index (χ4n) is 3.79. The lowest BCUT2D eigenvalue weighted by molar-refractivity contribution is -0.148. The number of rotatable bonds is 1. The number of carbonyl (C=O) groups is 3. The molecule has 1 aromatic carbocycles. The molecule has 22 heavy (non-hydrogen) atoms. The number of imide groups is 1. The van der Waals surface area contributed by atoms with Gasteiger partial charge in [-0.25, -0.2) is 4.90 Å². The molecule has 3 aliphatic heterocycles. The molecule has 0 spiro atoms. The van der Waals surface area contributed by atoms with E-state index in [1.165, 1.54) is 9.80 Å². The molecule has 112 valence electrons. The highest BCUT2D eigenvalue weighted by Gasteiger charge is 2.63. The molecule has 5 rings (SSSR count). The van der Waals surface area contributed by atoms with E-state index in [-0.39, 0.29) is 17.7 Å². The van der Waals surface area contributed by atoms with Crippen molar-refractivity contribution in [2.24, 2.45) is 17.8 Å². The Labute approximate surface area is 132 Å². The molecule has 4 atom stereocenters. The summed E-state index contributed by atoms with van der Waals surface area (Å²) in [6, 6.07) is 8.36. The van der Waals surface area contributed by atoms with Gasteiger partial charge in [0.05, 0.1) is 29.5 Å². The van der Waals surface area contributed by atoms with Crippen LogP contribution in [0.1, 0.15) is 0 Å². The van der Waals surface area contributed by atoms with Gasteiger partial charge in [0.15, 0.2) is 0 Å². The second kappa shape index (κ2) is 4.43. The van der Waals surface area contributed by atoms with E-state index in [0.717, 1.165) is 0 Å². The SMILES string of the molecule is CN1C(=O)[C@@H]2C(Cl)=C[C@H]1[C@H]1C(=O)N(c3ccccc3)C(=O)[C@@H]21. The normalized spacial score (nSPS) is 33.4. The van der Waals surface area contributed by atoms with Gasteiger partial charge in [0, 0.05) is 12.1 Å². The maximum atomic E-state index is 12.8. The molecule has 3 amide bonds. The third-order valence-corrected chi connectivity index (χ3v) is 5.19. The minimum Gasteiger partial charge on any atom is -0.338 e. The summed E-state index contributed by atoms with van der Waals surface area (Å²) >= 11 is 6.18. The topological polar surface area (TPSA) is 57.7 Å². The summed E-state index contributed by atoms with van der Waals surface area (Å²) in [5, 5.41) is 0.380. The Bertz CT molecular complexity index is 730. The van der Waals surface area contributed by atoms with Gasteiger partial charge in [-0.2, -0.15) is 0 Å². The van der Waals surface area contributed by atoms with Gasteiger partial charge in [-0.15, -0.1) is 0 Å². The number of nitrogens with zero attached hydrogens (tertiary/aromatic N) is 2. The zero-order valence-corrected chi connectivity index (χ0v) is 12.5. The lowest BCUT2D eigenvalue weighted by Crippen LogP contribution is -2.58. The number of hydrogen-bond acceptors (Lipinski definition) is 3. The molecule has 0 aromatic heterocycles. The molecule has 6 heteroatoms. The Kier molecular flexibility index (Phi) is 2.72. The predicted octanol–water partition coefficient (Wildman–Crippen LogP) is 1.39. The average Bonchev–Trinajstić information content (AvgIpc) is 2.77. The quantitative estimate of drug-likeness (QED) is 0.736. The van der Waals surface area contributed by atoms with E-state index >= 15 is 0 Å². The number of hydrogen-bond donors (Lipinski definition) is 0. The predicted molar refractivity (Wildman–Crippen MR) is 79.9 cm³/mol. The van der Waals surface area contributed by atoms with Crippen LogP contribution in [0, 0.1) is 17.8 Å². The van der Waals surface area contributed by atoms with Gasteiger partial charge in [0.25, 0.3) is 0 Å². The second-order valence-corrected chi connectivity index (χ2v) is 6.30. The van der Waals surface area contributed by atoms with Crippen LogP contribution in [0.3, 0.4) is 0 Å². The number of fused-ring (bicyclic) bond motifs is 1. The third kappa shape index (κ3) is 1.52. The fraction of sp³-hybridized carbons (Fsp3) is 0.312. The van der Waals surface area contributed by atoms with Crippen molar-refractivity contribution >= 4 is 35.0 Å². The van der Waals surface area contributed by atoms with Crippen molar-refractivity contribution in [3.8, 4) is 0 Å². The summed E-state index contributed by atoms with van der Waals surface area (Å²) in [5.41, 5.74) is 0.539. The monoisotopic (exact) mass is 316 g/mol. The Hall–Kier alpha value is -2.14. The van der Waals surface area contributed by atoms with Gasteiger partial charge in [-0.05, 0) is 18.2 Å². The molecule has 4 aliphatic rings. The molecule has 1 aromatic rings. The van der Waals surface area contributed by atoms with Crippen molar-refractivity contribution in [1.82, 2.24) is 4.90 Å². The molecule has 0 unspecified atom stereocenters. The smallest absolute Gasteiger partial charge is 0.240 e. The summed E-state index contributed by atoms with van der Waals surface area (Å²) in [4.78, 5) is 40.7. The van der Waals surface area contributed by atoms with Crippen LogP contribution < -0.4 is 4.90 Å². The standard InChI is InChI=1S/C16H13ClN2O3/c1-18-10-7-9(17)11(14(18)20)13-12(10)15(21)19(16(13)22)8-5-3-2-4-6-8/h2-7,10-13H,1H3/t10-,11+,12+,13-/m0/s1. The first-order chi connectivity index (χ1) is 10.5. The molecule has 0 saturated carbocycles. The number of para-hydroxylation sites is 1. The second-order valence-electron chi connectivity index (χ2n) is 5.87. The Morgan fingerprint density at radius 2 is 1.59 bits per heavy atom. The van der Waals surface area contributed by atoms with Crippen molar-refractivity contribution in [3.63, 3.8) is 0 Å². The van der Waals surface area contributed by atoms with Crippen molar-refractivity contribution in [3.05, 3.63) is 41.4 Å². The molecule has 1 aliphatic carbocycles. The first-order valence-corrected chi connectivity index (χ1v) is 7.47. The van der Waals surface area contributed by atoms with Crippen LogP contribution >= 0.6 is 11.6 Å². The number of likely N-dealkylation sites (N-methyl/N-ethyl adjacent to an activating group) is 1. The van der Waals surface area contributed by atoms with Gasteiger partial charge >= 0.3 is 0 Å². The Morgan fingerprint density at radius 3 is 2.27 bits per heavy atom. The minimum absolute atomic E-state index is 0.185. The van der Waals surface area contributed by atoms with E-state index in [4.69, 9.17) is 11.6 Å². The van der Waals surface area contributed by atoms with E-state index in [1.54, 1.807) is 37.4 Å². The molecule has 2 bridgehead atoms. The van der Waals surface area contributed by atoms with Crippen LogP contribution in [0.25, 0.3) is 0 Å². The summed E-state index contributed by atoms with van der Waals surface area (Å²) in [5.74, 6) is -2.72. The molecule has 3 heterocycles. The van der Waals surface area contributed by atoms with E-state index < -0.39 is 23.8 Å². The number of piperidine rings is 1. The number of amides is 3. The van der Waals surface area contributed by atoms with Crippen LogP contribution in [-0.2, 0) is 14.4 Å². The third-order valence-electron chi connectivity index (χ3n) is 4.83. The lowest BCUT2D eigenvalue weighted by atomic mass is 9.70. The van der Waals surface area contributed by atoms with Crippen LogP contribution in [0.15, 0.2) is 41.4 Å². The van der Waals surface area contributed by atoms with Crippen molar-refractivity contribution in [2.75, 3.05) is 11.9 Å². The van der Waals surface area contributed by atoms with Crippen molar-refractivity contribution in [2.45, 2.75) is 6.04 Å². The summed E-state index contributed by atoms with van der Waals surface area (Å²) < 4.78 is 0. The number of carbonyl (C=O) groups excluding carboxylic acids is 3. The molecule has 0 N–H and O–H groups in total. The van der Waals surface area contributed by atoms with E-state index in [9.17, 15) is 14.4 Å². The zero-order chi connectivity index (χ0) is 15.6. The van der Waals surface area contributed by atoms with Gasteiger partial charge in [-0.1, -0.05) is 29.8 Å². The maximum absolute atomic E-state index is 12.8. The molecule has 2 fully saturated rings. The highest BCUT2D eigenvalue weighted by atomic mass is 35.5. The van der Waals surface area contributed by atoms with Gasteiger partial charge in [0.2, 0.25) is 17.7 Å². The molecule has 0 radical (unpaired) electrons. The highest BCUT2D eigenvalue weighted by molar-refractivity contribution is 6.33. The fourth-order valence-corrected chi connectivity index (χ4v) is 4.14. The minimum atomic E-state index is -0.730. The number of halogens is 1.